The number of hydrogen-bond acceptors (Lipinski definition) is 8. The fraction of sp³-hybridized carbons (Fsp3) is 0.400. The van der Waals surface area contributed by atoms with E-state index >= 15 is 0 Å². The summed E-state index contributed by atoms with van der Waals surface area (Å²) in [4.78, 5) is 11.4. The second-order valence-electron chi connectivity index (χ2n) is 3.63. The Kier molecular flexibility index (Phi) is 6.31. The van der Waals surface area contributed by atoms with Crippen LogP contribution < -0.4 is 9.08 Å². The number of benzene rings is 1. The average Bonchev–Trinajstić information content (AvgIpc) is 2.37. The summed E-state index contributed by atoms with van der Waals surface area (Å²) in [6, 6.07) is 3.44. The summed E-state index contributed by atoms with van der Waals surface area (Å²) >= 11 is -2.90. The second kappa shape index (κ2) is 7.75. The number of nitro groups is 1. The van der Waals surface area contributed by atoms with Gasteiger partial charge in [-0.05, 0) is 6.07 Å². The van der Waals surface area contributed by atoms with E-state index in [1.165, 1.54) is 17.0 Å². The van der Waals surface area contributed by atoms with E-state index in [2.05, 4.69) is 4.18 Å². The van der Waals surface area contributed by atoms with Crippen molar-refractivity contribution >= 4 is 22.7 Å². The summed E-state index contributed by atoms with van der Waals surface area (Å²) in [5.41, 5.74) is -0.106. The molecule has 0 bridgehead atoms. The van der Waals surface area contributed by atoms with Crippen LogP contribution in [0, 0.1) is 10.1 Å². The fourth-order valence-electron chi connectivity index (χ4n) is 1.61. The SMILES string of the molecule is O=[N+]([O-])c1ccc(N(CCO)CCO)c(OS(=O)[O-])c1. The molecule has 0 spiro atoms. The van der Waals surface area contributed by atoms with Gasteiger partial charge in [0.15, 0.2) is 5.75 Å². The average molecular weight is 305 g/mol. The minimum atomic E-state index is -2.90. The lowest BCUT2D eigenvalue weighted by Gasteiger charge is -2.25. The first-order valence-electron chi connectivity index (χ1n) is 5.52. The number of nitro benzene ring substituents is 1. The van der Waals surface area contributed by atoms with Gasteiger partial charge in [-0.25, -0.2) is 4.21 Å². The molecule has 112 valence electrons. The number of hydrogen-bond donors (Lipinski definition) is 2. The molecule has 1 atom stereocenters. The first-order chi connectivity index (χ1) is 9.49. The van der Waals surface area contributed by atoms with Crippen LogP contribution in [0.25, 0.3) is 0 Å². The smallest absolute Gasteiger partial charge is 0.273 e. The van der Waals surface area contributed by atoms with Gasteiger partial charge in [0.05, 0.1) is 29.9 Å². The molecular weight excluding hydrogens is 292 g/mol. The molecule has 1 aromatic carbocycles. The zero-order chi connectivity index (χ0) is 15.1. The largest absolute Gasteiger partial charge is 0.740 e. The Hall–Kier alpha value is -1.75. The van der Waals surface area contributed by atoms with Gasteiger partial charge in [-0.15, -0.1) is 0 Å². The second-order valence-corrected chi connectivity index (χ2v) is 4.21. The van der Waals surface area contributed by atoms with Crippen molar-refractivity contribution in [2.75, 3.05) is 31.2 Å². The van der Waals surface area contributed by atoms with Gasteiger partial charge in [0, 0.05) is 19.2 Å². The molecule has 0 heterocycles. The number of aliphatic hydroxyl groups is 2. The summed E-state index contributed by atoms with van der Waals surface area (Å²) in [5, 5.41) is 28.6. The molecule has 0 fully saturated rings. The normalized spacial score (nSPS) is 11.9. The number of rotatable bonds is 8. The lowest BCUT2D eigenvalue weighted by molar-refractivity contribution is -0.384. The molecule has 0 saturated heterocycles. The summed E-state index contributed by atoms with van der Waals surface area (Å²) in [6.07, 6.45) is 0. The summed E-state index contributed by atoms with van der Waals surface area (Å²) in [5.74, 6) is -0.241. The van der Waals surface area contributed by atoms with Gasteiger partial charge in [0.25, 0.3) is 5.69 Å². The van der Waals surface area contributed by atoms with Crippen LogP contribution in [0.1, 0.15) is 0 Å². The molecule has 9 nitrogen and oxygen atoms in total. The van der Waals surface area contributed by atoms with Crippen molar-refractivity contribution in [3.63, 3.8) is 0 Å². The predicted octanol–water partition coefficient (Wildman–Crippen LogP) is -0.441. The van der Waals surface area contributed by atoms with E-state index in [0.717, 1.165) is 6.07 Å². The van der Waals surface area contributed by atoms with Crippen LogP contribution >= 0.6 is 0 Å². The maximum absolute atomic E-state index is 10.7. The quantitative estimate of drug-likeness (QED) is 0.374. The Morgan fingerprint density at radius 3 is 2.35 bits per heavy atom. The van der Waals surface area contributed by atoms with Gasteiger partial charge >= 0.3 is 0 Å². The third-order valence-corrected chi connectivity index (χ3v) is 2.71. The molecule has 20 heavy (non-hydrogen) atoms. The molecule has 0 amide bonds. The van der Waals surface area contributed by atoms with E-state index in [4.69, 9.17) is 10.2 Å². The Balaban J connectivity index is 3.20. The minimum absolute atomic E-state index is 0.111. The Bertz CT molecular complexity index is 490. The van der Waals surface area contributed by atoms with Gasteiger partial charge in [-0.2, -0.15) is 0 Å². The molecule has 1 unspecified atom stereocenters. The van der Waals surface area contributed by atoms with Crippen LogP contribution in [-0.4, -0.2) is 50.2 Å². The van der Waals surface area contributed by atoms with Gasteiger partial charge in [0.1, 0.15) is 11.4 Å². The van der Waals surface area contributed by atoms with E-state index in [9.17, 15) is 18.9 Å². The van der Waals surface area contributed by atoms with Gasteiger partial charge in [0.2, 0.25) is 0 Å². The van der Waals surface area contributed by atoms with E-state index in [1.54, 1.807) is 0 Å². The Morgan fingerprint density at radius 2 is 1.90 bits per heavy atom. The van der Waals surface area contributed by atoms with Crippen molar-refractivity contribution in [2.45, 2.75) is 0 Å². The standard InChI is InChI=1S/C10H14N2O7S/c13-5-3-11(4-6-14)9-2-1-8(12(15)16)7-10(9)19-20(17)18/h1-2,7,13-14H,3-6H2,(H,17,18)/p-1. The zero-order valence-corrected chi connectivity index (χ0v) is 11.1. The van der Waals surface area contributed by atoms with Crippen LogP contribution in [0.15, 0.2) is 18.2 Å². The molecule has 0 aliphatic carbocycles. The van der Waals surface area contributed by atoms with Crippen LogP contribution in [-0.2, 0) is 11.4 Å². The van der Waals surface area contributed by atoms with Crippen LogP contribution in [0.2, 0.25) is 0 Å². The van der Waals surface area contributed by atoms with E-state index in [1.807, 2.05) is 0 Å². The van der Waals surface area contributed by atoms with Crippen molar-refractivity contribution in [1.29, 1.82) is 0 Å². The molecule has 0 aliphatic rings. The topological polar surface area (TPSA) is 136 Å². The third-order valence-electron chi connectivity index (χ3n) is 2.39. The molecule has 0 radical (unpaired) electrons. The van der Waals surface area contributed by atoms with Crippen molar-refractivity contribution in [3.8, 4) is 5.75 Å². The summed E-state index contributed by atoms with van der Waals surface area (Å²) in [7, 11) is 0. The third kappa shape index (κ3) is 4.42. The van der Waals surface area contributed by atoms with Gasteiger partial charge < -0.3 is 23.8 Å². The minimum Gasteiger partial charge on any atom is -0.740 e. The molecule has 0 saturated carbocycles. The lowest BCUT2D eigenvalue weighted by Crippen LogP contribution is -2.30. The zero-order valence-electron chi connectivity index (χ0n) is 10.3. The molecule has 2 N–H and O–H groups in total. The number of nitrogens with zero attached hydrogens (tertiary/aromatic N) is 2. The maximum Gasteiger partial charge on any atom is 0.273 e. The van der Waals surface area contributed by atoms with Crippen molar-refractivity contribution in [1.82, 2.24) is 0 Å². The lowest BCUT2D eigenvalue weighted by atomic mass is 10.2. The Labute approximate surface area is 117 Å². The van der Waals surface area contributed by atoms with Crippen molar-refractivity contribution < 1.29 is 28.1 Å². The molecule has 1 rings (SSSR count). The first kappa shape index (κ1) is 16.3. The predicted molar refractivity (Wildman–Crippen MR) is 69.0 cm³/mol. The number of non-ortho nitro benzene ring substituents is 1. The highest BCUT2D eigenvalue weighted by Crippen LogP contribution is 2.32. The van der Waals surface area contributed by atoms with Crippen LogP contribution in [0.4, 0.5) is 11.4 Å². The molecule has 10 heteroatoms. The van der Waals surface area contributed by atoms with Crippen molar-refractivity contribution in [2.24, 2.45) is 0 Å². The fourth-order valence-corrected chi connectivity index (χ4v) is 1.89. The van der Waals surface area contributed by atoms with Crippen molar-refractivity contribution in [3.05, 3.63) is 28.3 Å². The highest BCUT2D eigenvalue weighted by Gasteiger charge is 2.17. The van der Waals surface area contributed by atoms with Gasteiger partial charge in [-0.1, -0.05) is 0 Å². The maximum atomic E-state index is 10.7. The summed E-state index contributed by atoms with van der Waals surface area (Å²) in [6.45, 7) is -0.256. The van der Waals surface area contributed by atoms with Crippen LogP contribution in [0.3, 0.4) is 0 Å². The first-order valence-corrected chi connectivity index (χ1v) is 6.52. The molecule has 0 aliphatic heterocycles. The monoisotopic (exact) mass is 305 g/mol. The summed E-state index contributed by atoms with van der Waals surface area (Å²) < 4.78 is 25.8. The molecule has 0 aromatic heterocycles. The van der Waals surface area contributed by atoms with Gasteiger partial charge in [-0.3, -0.25) is 10.1 Å². The highest BCUT2D eigenvalue weighted by molar-refractivity contribution is 7.74. The number of anilines is 1. The Morgan fingerprint density at radius 1 is 1.30 bits per heavy atom. The van der Waals surface area contributed by atoms with E-state index in [0.29, 0.717) is 0 Å². The molecule has 1 aromatic rings. The van der Waals surface area contributed by atoms with E-state index in [-0.39, 0.29) is 43.4 Å². The van der Waals surface area contributed by atoms with Crippen LogP contribution in [0.5, 0.6) is 5.75 Å². The number of aliphatic hydroxyl groups excluding tert-OH is 2. The molecular formula is C10H13N2O7S-. The highest BCUT2D eigenvalue weighted by atomic mass is 32.2. The van der Waals surface area contributed by atoms with E-state index < -0.39 is 16.3 Å².